The summed E-state index contributed by atoms with van der Waals surface area (Å²) in [4.78, 5) is 32.9. The third-order valence-electron chi connectivity index (χ3n) is 5.54. The van der Waals surface area contributed by atoms with Crippen LogP contribution in [0, 0.1) is 11.3 Å². The predicted octanol–water partition coefficient (Wildman–Crippen LogP) is 4.63. The Morgan fingerprint density at radius 3 is 2.65 bits per heavy atom. The minimum Gasteiger partial charge on any atom is -0.467 e. The Morgan fingerprint density at radius 2 is 1.91 bits per heavy atom. The lowest BCUT2D eigenvalue weighted by atomic mass is 10.1. The van der Waals surface area contributed by atoms with Gasteiger partial charge < -0.3 is 9.32 Å². The molecule has 0 saturated heterocycles. The fourth-order valence-electron chi connectivity index (χ4n) is 3.73. The van der Waals surface area contributed by atoms with Gasteiger partial charge in [0.1, 0.15) is 5.76 Å². The Bertz CT molecular complexity index is 1360. The van der Waals surface area contributed by atoms with Crippen molar-refractivity contribution in [3.05, 3.63) is 94.7 Å². The molecule has 0 radical (unpaired) electrons. The van der Waals surface area contributed by atoms with E-state index in [-0.39, 0.29) is 36.2 Å². The van der Waals surface area contributed by atoms with Gasteiger partial charge in [0.25, 0.3) is 5.56 Å². The molecule has 1 unspecified atom stereocenters. The van der Waals surface area contributed by atoms with Crippen molar-refractivity contribution in [3.63, 3.8) is 0 Å². The Labute approximate surface area is 201 Å². The molecule has 1 amide bonds. The monoisotopic (exact) mass is 472 g/mol. The van der Waals surface area contributed by atoms with Crippen LogP contribution < -0.4 is 5.56 Å². The lowest BCUT2D eigenvalue weighted by molar-refractivity contribution is -0.129. The van der Waals surface area contributed by atoms with Gasteiger partial charge in [-0.3, -0.25) is 14.2 Å². The van der Waals surface area contributed by atoms with E-state index in [9.17, 15) is 9.59 Å². The predicted molar refractivity (Wildman–Crippen MR) is 131 cm³/mol. The van der Waals surface area contributed by atoms with Crippen LogP contribution in [0.2, 0.25) is 0 Å². The number of aromatic nitrogens is 2. The summed E-state index contributed by atoms with van der Waals surface area (Å²) in [5.74, 6) is 0.575. The Morgan fingerprint density at radius 1 is 1.15 bits per heavy atom. The lowest BCUT2D eigenvalue weighted by Crippen LogP contribution is -2.33. The first-order chi connectivity index (χ1) is 16.6. The number of fused-ring (bicyclic) bond motifs is 1. The SMILES string of the molecule is CC(c1ccccc1)n1c(SCC(=O)N(CCC#N)Cc2ccco2)nc2ccccc2c1=O. The number of para-hydroxylation sites is 1. The molecular weight excluding hydrogens is 448 g/mol. The number of benzene rings is 2. The summed E-state index contributed by atoms with van der Waals surface area (Å²) < 4.78 is 7.03. The number of hydrogen-bond acceptors (Lipinski definition) is 6. The number of amides is 1. The van der Waals surface area contributed by atoms with Gasteiger partial charge in [-0.25, -0.2) is 4.98 Å². The average molecular weight is 473 g/mol. The number of hydrogen-bond donors (Lipinski definition) is 0. The molecule has 4 aromatic rings. The number of nitriles is 1. The van der Waals surface area contributed by atoms with Crippen molar-refractivity contribution in [3.8, 4) is 6.07 Å². The van der Waals surface area contributed by atoms with Gasteiger partial charge in [-0.1, -0.05) is 54.2 Å². The second kappa shape index (κ2) is 10.9. The van der Waals surface area contributed by atoms with Crippen LogP contribution in [0.4, 0.5) is 0 Å². The summed E-state index contributed by atoms with van der Waals surface area (Å²) in [5.41, 5.74) is 1.42. The zero-order valence-corrected chi connectivity index (χ0v) is 19.6. The number of carbonyl (C=O) groups is 1. The maximum atomic E-state index is 13.5. The van der Waals surface area contributed by atoms with E-state index in [2.05, 4.69) is 6.07 Å². The highest BCUT2D eigenvalue weighted by Crippen LogP contribution is 2.25. The van der Waals surface area contributed by atoms with Gasteiger partial charge in [-0.2, -0.15) is 5.26 Å². The molecule has 0 aliphatic carbocycles. The molecule has 0 spiro atoms. The molecule has 0 fully saturated rings. The van der Waals surface area contributed by atoms with Crippen LogP contribution in [0.5, 0.6) is 0 Å². The molecule has 4 rings (SSSR count). The zero-order chi connectivity index (χ0) is 23.9. The Balaban J connectivity index is 1.64. The van der Waals surface area contributed by atoms with Crippen LogP contribution in [0.25, 0.3) is 10.9 Å². The fraction of sp³-hybridized carbons (Fsp3) is 0.231. The molecule has 0 N–H and O–H groups in total. The first-order valence-electron chi connectivity index (χ1n) is 10.9. The molecule has 0 aliphatic rings. The van der Waals surface area contributed by atoms with Crippen LogP contribution in [0.3, 0.4) is 0 Å². The zero-order valence-electron chi connectivity index (χ0n) is 18.8. The van der Waals surface area contributed by atoms with E-state index >= 15 is 0 Å². The highest BCUT2D eigenvalue weighted by molar-refractivity contribution is 7.99. The number of rotatable bonds is 9. The van der Waals surface area contributed by atoms with Gasteiger partial charge in [-0.05, 0) is 36.8 Å². The van der Waals surface area contributed by atoms with E-state index in [0.717, 1.165) is 5.56 Å². The molecule has 7 nitrogen and oxygen atoms in total. The topological polar surface area (TPSA) is 92.1 Å². The van der Waals surface area contributed by atoms with E-state index < -0.39 is 0 Å². The van der Waals surface area contributed by atoms with Gasteiger partial charge in [0.2, 0.25) is 5.91 Å². The molecular formula is C26H24N4O3S. The van der Waals surface area contributed by atoms with Gasteiger partial charge in [0.15, 0.2) is 5.16 Å². The Kier molecular flexibility index (Phi) is 7.45. The molecule has 2 heterocycles. The number of nitrogens with zero attached hydrogens (tertiary/aromatic N) is 4. The molecule has 2 aromatic heterocycles. The first kappa shape index (κ1) is 23.3. The summed E-state index contributed by atoms with van der Waals surface area (Å²) in [6.07, 6.45) is 1.78. The maximum absolute atomic E-state index is 13.5. The van der Waals surface area contributed by atoms with Crippen LogP contribution >= 0.6 is 11.8 Å². The van der Waals surface area contributed by atoms with Gasteiger partial charge in [-0.15, -0.1) is 0 Å². The minimum atomic E-state index is -0.263. The number of furan rings is 1. The smallest absolute Gasteiger partial charge is 0.262 e. The minimum absolute atomic E-state index is 0.0818. The van der Waals surface area contributed by atoms with Crippen LogP contribution in [0.15, 0.2) is 87.4 Å². The molecule has 172 valence electrons. The van der Waals surface area contributed by atoms with Gasteiger partial charge in [0, 0.05) is 6.54 Å². The summed E-state index contributed by atoms with van der Waals surface area (Å²) in [6.45, 7) is 2.54. The van der Waals surface area contributed by atoms with E-state index in [0.29, 0.717) is 28.4 Å². The average Bonchev–Trinajstić information content (AvgIpc) is 3.38. The second-order valence-electron chi connectivity index (χ2n) is 7.76. The Hall–Kier alpha value is -3.83. The molecule has 8 heteroatoms. The van der Waals surface area contributed by atoms with Crippen molar-refractivity contribution >= 4 is 28.6 Å². The lowest BCUT2D eigenvalue weighted by Gasteiger charge is -2.22. The van der Waals surface area contributed by atoms with E-state index in [1.165, 1.54) is 11.8 Å². The number of thioether (sulfide) groups is 1. The molecule has 34 heavy (non-hydrogen) atoms. The molecule has 0 aliphatic heterocycles. The van der Waals surface area contributed by atoms with E-state index in [1.54, 1.807) is 40.0 Å². The van der Waals surface area contributed by atoms with Crippen molar-refractivity contribution in [2.24, 2.45) is 0 Å². The summed E-state index contributed by atoms with van der Waals surface area (Å²) in [5, 5.41) is 10.0. The van der Waals surface area contributed by atoms with Crippen molar-refractivity contribution in [1.29, 1.82) is 5.26 Å². The van der Waals surface area contributed by atoms with Crippen LogP contribution in [-0.4, -0.2) is 32.7 Å². The van der Waals surface area contributed by atoms with E-state index in [4.69, 9.17) is 14.7 Å². The normalized spacial score (nSPS) is 11.8. The molecule has 1 atom stereocenters. The van der Waals surface area contributed by atoms with Crippen molar-refractivity contribution in [2.45, 2.75) is 31.1 Å². The molecule has 0 bridgehead atoms. The largest absolute Gasteiger partial charge is 0.467 e. The maximum Gasteiger partial charge on any atom is 0.262 e. The second-order valence-corrected chi connectivity index (χ2v) is 8.71. The van der Waals surface area contributed by atoms with Crippen LogP contribution in [0.1, 0.15) is 30.7 Å². The van der Waals surface area contributed by atoms with Crippen molar-refractivity contribution in [2.75, 3.05) is 12.3 Å². The standard InChI is InChI=1S/C26H24N4O3S/c1-19(20-9-3-2-4-10-20)30-25(32)22-12-5-6-13-23(22)28-26(30)34-18-24(31)29(15-8-14-27)17-21-11-7-16-33-21/h2-7,9-13,16,19H,8,15,17-18H2,1H3. The molecule has 0 saturated carbocycles. The van der Waals surface area contributed by atoms with Crippen molar-refractivity contribution < 1.29 is 9.21 Å². The summed E-state index contributed by atoms with van der Waals surface area (Å²) in [6, 6.07) is 22.4. The fourth-order valence-corrected chi connectivity index (χ4v) is 4.71. The third-order valence-corrected chi connectivity index (χ3v) is 6.48. The molecule has 2 aromatic carbocycles. The van der Waals surface area contributed by atoms with Gasteiger partial charge in [0.05, 0.1) is 48.0 Å². The summed E-state index contributed by atoms with van der Waals surface area (Å²) >= 11 is 1.23. The quantitative estimate of drug-likeness (QED) is 0.260. The van der Waals surface area contributed by atoms with Crippen LogP contribution in [-0.2, 0) is 11.3 Å². The van der Waals surface area contributed by atoms with Crippen molar-refractivity contribution in [1.82, 2.24) is 14.5 Å². The van der Waals surface area contributed by atoms with E-state index in [1.807, 2.05) is 49.4 Å². The first-order valence-corrected chi connectivity index (χ1v) is 11.9. The highest BCUT2D eigenvalue weighted by atomic mass is 32.2. The van der Waals surface area contributed by atoms with Gasteiger partial charge >= 0.3 is 0 Å². The third kappa shape index (κ3) is 5.21. The number of carbonyl (C=O) groups excluding carboxylic acids is 1. The highest BCUT2D eigenvalue weighted by Gasteiger charge is 2.21. The summed E-state index contributed by atoms with van der Waals surface area (Å²) in [7, 11) is 0.